The molecule has 1 fully saturated rings. The molecule has 1 saturated heterocycles. The number of hydrogen-bond donors (Lipinski definition) is 0. The van der Waals surface area contributed by atoms with Gasteiger partial charge in [0.2, 0.25) is 5.88 Å². The third kappa shape index (κ3) is 3.11. The van der Waals surface area contributed by atoms with Gasteiger partial charge in [-0.1, -0.05) is 0 Å². The summed E-state index contributed by atoms with van der Waals surface area (Å²) >= 11 is 5.94. The van der Waals surface area contributed by atoms with Crippen LogP contribution >= 0.6 is 11.6 Å². The predicted octanol–water partition coefficient (Wildman–Crippen LogP) is 2.85. The van der Waals surface area contributed by atoms with Crippen LogP contribution in [0.15, 0.2) is 6.07 Å². The Balaban J connectivity index is 2.07. The summed E-state index contributed by atoms with van der Waals surface area (Å²) in [7, 11) is 0. The second kappa shape index (κ2) is 5.69. The van der Waals surface area contributed by atoms with Crippen molar-refractivity contribution in [2.75, 3.05) is 19.8 Å². The molecule has 1 aromatic heterocycles. The highest BCUT2D eigenvalue weighted by atomic mass is 35.5. The molecule has 17 heavy (non-hydrogen) atoms. The summed E-state index contributed by atoms with van der Waals surface area (Å²) in [6.07, 6.45) is 1.07. The summed E-state index contributed by atoms with van der Waals surface area (Å²) in [6, 6.07) is 2.03. The van der Waals surface area contributed by atoms with E-state index >= 15 is 0 Å². The van der Waals surface area contributed by atoms with Crippen molar-refractivity contribution in [3.05, 3.63) is 22.9 Å². The number of ether oxygens (including phenoxy) is 2. The van der Waals surface area contributed by atoms with Crippen molar-refractivity contribution in [1.29, 1.82) is 0 Å². The average Bonchev–Trinajstić information content (AvgIpc) is 2.78. The molecule has 94 valence electrons. The summed E-state index contributed by atoms with van der Waals surface area (Å²) < 4.78 is 11.1. The van der Waals surface area contributed by atoms with E-state index in [1.165, 1.54) is 0 Å². The summed E-state index contributed by atoms with van der Waals surface area (Å²) in [5, 5.41) is 0. The molecule has 0 radical (unpaired) electrons. The fraction of sp³-hybridized carbons (Fsp3) is 0.615. The number of rotatable bonds is 4. The predicted molar refractivity (Wildman–Crippen MR) is 67.7 cm³/mol. The topological polar surface area (TPSA) is 31.4 Å². The molecule has 0 aromatic carbocycles. The number of halogens is 1. The Kier molecular flexibility index (Phi) is 4.24. The lowest BCUT2D eigenvalue weighted by Gasteiger charge is -2.14. The van der Waals surface area contributed by atoms with E-state index in [2.05, 4.69) is 4.98 Å². The van der Waals surface area contributed by atoms with Crippen molar-refractivity contribution in [2.45, 2.75) is 26.1 Å². The smallest absolute Gasteiger partial charge is 0.218 e. The summed E-state index contributed by atoms with van der Waals surface area (Å²) in [5.41, 5.74) is 3.11. The van der Waals surface area contributed by atoms with Crippen LogP contribution in [-0.2, 0) is 10.6 Å². The molecule has 1 aliphatic heterocycles. The molecule has 0 saturated carbocycles. The van der Waals surface area contributed by atoms with Gasteiger partial charge in [-0.15, -0.1) is 11.6 Å². The first-order valence-electron chi connectivity index (χ1n) is 5.94. The molecule has 2 rings (SSSR count). The van der Waals surface area contributed by atoms with E-state index in [1.807, 2.05) is 19.9 Å². The van der Waals surface area contributed by atoms with Gasteiger partial charge in [0.25, 0.3) is 0 Å². The van der Waals surface area contributed by atoms with Gasteiger partial charge < -0.3 is 9.47 Å². The molecule has 1 aromatic rings. The van der Waals surface area contributed by atoms with Gasteiger partial charge in [-0.25, -0.2) is 4.98 Å². The highest BCUT2D eigenvalue weighted by Gasteiger charge is 2.18. The molecule has 1 aliphatic rings. The molecule has 2 heterocycles. The zero-order valence-corrected chi connectivity index (χ0v) is 11.1. The monoisotopic (exact) mass is 255 g/mol. The molecule has 4 heteroatoms. The zero-order valence-electron chi connectivity index (χ0n) is 10.3. The molecule has 1 unspecified atom stereocenters. The van der Waals surface area contributed by atoms with Crippen molar-refractivity contribution in [2.24, 2.45) is 5.92 Å². The van der Waals surface area contributed by atoms with Crippen molar-refractivity contribution < 1.29 is 9.47 Å². The number of aromatic nitrogens is 1. The van der Waals surface area contributed by atoms with Gasteiger partial charge in [0.15, 0.2) is 0 Å². The molecular formula is C13H18ClNO2. The largest absolute Gasteiger partial charge is 0.477 e. The van der Waals surface area contributed by atoms with Crippen molar-refractivity contribution in [3.63, 3.8) is 0 Å². The van der Waals surface area contributed by atoms with Crippen LogP contribution in [0.25, 0.3) is 0 Å². The Labute approximate surface area is 107 Å². The lowest BCUT2D eigenvalue weighted by atomic mass is 10.1. The first-order chi connectivity index (χ1) is 8.20. The van der Waals surface area contributed by atoms with Gasteiger partial charge in [0.05, 0.1) is 19.1 Å². The van der Waals surface area contributed by atoms with E-state index in [4.69, 9.17) is 21.1 Å². The van der Waals surface area contributed by atoms with Gasteiger partial charge in [0, 0.05) is 23.8 Å². The highest BCUT2D eigenvalue weighted by molar-refractivity contribution is 6.17. The lowest BCUT2D eigenvalue weighted by Crippen LogP contribution is -2.13. The van der Waals surface area contributed by atoms with Gasteiger partial charge in [-0.3, -0.25) is 0 Å². The van der Waals surface area contributed by atoms with Crippen molar-refractivity contribution in [3.8, 4) is 5.88 Å². The average molecular weight is 256 g/mol. The lowest BCUT2D eigenvalue weighted by molar-refractivity contribution is 0.165. The quantitative estimate of drug-likeness (QED) is 0.776. The Morgan fingerprint density at radius 1 is 1.53 bits per heavy atom. The van der Waals surface area contributed by atoms with E-state index in [0.717, 1.165) is 36.5 Å². The van der Waals surface area contributed by atoms with Crippen LogP contribution < -0.4 is 4.74 Å². The molecule has 0 spiro atoms. The fourth-order valence-electron chi connectivity index (χ4n) is 2.02. The maximum absolute atomic E-state index is 5.94. The normalized spacial score (nSPS) is 19.6. The molecule has 3 nitrogen and oxygen atoms in total. The minimum atomic E-state index is 0.440. The van der Waals surface area contributed by atoms with Crippen LogP contribution in [-0.4, -0.2) is 24.8 Å². The highest BCUT2D eigenvalue weighted by Crippen LogP contribution is 2.24. The van der Waals surface area contributed by atoms with Gasteiger partial charge >= 0.3 is 0 Å². The summed E-state index contributed by atoms with van der Waals surface area (Å²) in [5.74, 6) is 1.61. The van der Waals surface area contributed by atoms with E-state index in [1.54, 1.807) is 0 Å². The van der Waals surface area contributed by atoms with Crippen LogP contribution in [0.3, 0.4) is 0 Å². The first kappa shape index (κ1) is 12.7. The molecule has 0 aliphatic carbocycles. The molecule has 0 amide bonds. The molecule has 0 bridgehead atoms. The van der Waals surface area contributed by atoms with E-state index in [0.29, 0.717) is 24.3 Å². The Hall–Kier alpha value is -0.800. The van der Waals surface area contributed by atoms with Crippen LogP contribution in [0.5, 0.6) is 5.88 Å². The second-order valence-corrected chi connectivity index (χ2v) is 4.81. The number of pyridine rings is 1. The maximum atomic E-state index is 5.94. The van der Waals surface area contributed by atoms with Crippen molar-refractivity contribution in [1.82, 2.24) is 4.98 Å². The minimum Gasteiger partial charge on any atom is -0.477 e. The fourth-order valence-corrected chi connectivity index (χ4v) is 2.35. The summed E-state index contributed by atoms with van der Waals surface area (Å²) in [4.78, 5) is 4.42. The number of alkyl halides is 1. The number of nitrogens with zero attached hydrogens (tertiary/aromatic N) is 1. The first-order valence-corrected chi connectivity index (χ1v) is 6.47. The number of hydrogen-bond acceptors (Lipinski definition) is 3. The number of aryl methyl sites for hydroxylation is 2. The SMILES string of the molecule is Cc1cc(C)c(CCl)c(OCC2CCOC2)n1. The van der Waals surface area contributed by atoms with Gasteiger partial charge in [-0.05, 0) is 31.9 Å². The molecule has 1 atom stereocenters. The van der Waals surface area contributed by atoms with E-state index in [-0.39, 0.29) is 0 Å². The van der Waals surface area contributed by atoms with Crippen LogP contribution in [0.1, 0.15) is 23.2 Å². The standard InChI is InChI=1S/C13H18ClNO2/c1-9-5-10(2)15-13(12(9)6-14)17-8-11-3-4-16-7-11/h5,11H,3-4,6-8H2,1-2H3. The zero-order chi connectivity index (χ0) is 12.3. The van der Waals surface area contributed by atoms with E-state index < -0.39 is 0 Å². The minimum absolute atomic E-state index is 0.440. The van der Waals surface area contributed by atoms with Crippen LogP contribution in [0, 0.1) is 19.8 Å². The van der Waals surface area contributed by atoms with E-state index in [9.17, 15) is 0 Å². The Bertz CT molecular complexity index is 389. The molecular weight excluding hydrogens is 238 g/mol. The van der Waals surface area contributed by atoms with Gasteiger partial charge in [0.1, 0.15) is 0 Å². The Morgan fingerprint density at radius 2 is 2.35 bits per heavy atom. The summed E-state index contributed by atoms with van der Waals surface area (Å²) in [6.45, 7) is 6.31. The molecule has 0 N–H and O–H groups in total. The second-order valence-electron chi connectivity index (χ2n) is 4.54. The van der Waals surface area contributed by atoms with Gasteiger partial charge in [-0.2, -0.15) is 0 Å². The van der Waals surface area contributed by atoms with Crippen LogP contribution in [0.2, 0.25) is 0 Å². The van der Waals surface area contributed by atoms with Crippen LogP contribution in [0.4, 0.5) is 0 Å². The third-order valence-electron chi connectivity index (χ3n) is 3.05. The van der Waals surface area contributed by atoms with Crippen molar-refractivity contribution >= 4 is 11.6 Å². The maximum Gasteiger partial charge on any atom is 0.218 e. The Morgan fingerprint density at radius 3 is 3.00 bits per heavy atom. The third-order valence-corrected chi connectivity index (χ3v) is 3.32.